The molecular weight excluding hydrogens is 1020 g/mol. The number of esters is 1. The summed E-state index contributed by atoms with van der Waals surface area (Å²) in [5.41, 5.74) is 0. The zero-order chi connectivity index (χ0) is 59.9. The van der Waals surface area contributed by atoms with Gasteiger partial charge in [0.1, 0.15) is 0 Å². The van der Waals surface area contributed by atoms with Gasteiger partial charge in [-0.1, -0.05) is 385 Å². The Labute approximate surface area is 520 Å². The predicted octanol–water partition coefficient (Wildman–Crippen LogP) is 24.9. The summed E-state index contributed by atoms with van der Waals surface area (Å²) in [4.78, 5) is 24.7. The first-order valence-corrected chi connectivity index (χ1v) is 38.1. The summed E-state index contributed by atoms with van der Waals surface area (Å²) in [6.45, 7) is 4.95. The van der Waals surface area contributed by atoms with Crippen molar-refractivity contribution < 1.29 is 24.5 Å². The van der Waals surface area contributed by atoms with Crippen LogP contribution >= 0.6 is 0 Å². The number of hydrogen-bond acceptors (Lipinski definition) is 5. The zero-order valence-corrected chi connectivity index (χ0v) is 56.5. The molecule has 0 saturated carbocycles. The Morgan fingerprint density at radius 1 is 0.325 bits per heavy atom. The molecule has 0 aliphatic heterocycles. The van der Waals surface area contributed by atoms with E-state index < -0.39 is 12.1 Å². The smallest absolute Gasteiger partial charge is 0.305 e. The number of nitrogens with one attached hydrogen (secondary N) is 1. The Morgan fingerprint density at radius 3 is 0.855 bits per heavy atom. The highest BCUT2D eigenvalue weighted by Gasteiger charge is 2.18. The first-order chi connectivity index (χ1) is 41.0. The van der Waals surface area contributed by atoms with E-state index >= 15 is 0 Å². The van der Waals surface area contributed by atoms with Crippen LogP contribution < -0.4 is 5.32 Å². The number of rotatable bonds is 72. The molecule has 0 spiro atoms. The molecule has 6 heteroatoms. The standard InChI is InChI=1S/C77H149NO5/c1-3-5-7-9-11-13-15-17-19-21-23-24-31-34-37-41-45-49-53-57-61-65-69-75(80)74(73-79)78-76(81)70-66-62-58-54-50-46-42-38-35-32-29-27-25-26-28-30-33-36-40-44-48-52-56-60-64-68-72-83-77(82)71-67-63-59-55-51-47-43-39-22-20-18-16-14-12-10-8-6-4-2/h20,22,65,69,74-75,79-80H,3-19,21,23-64,66-68,70-73H2,1-2H3,(H,78,81)/b22-20-,69-65+. The van der Waals surface area contributed by atoms with Gasteiger partial charge in [-0.2, -0.15) is 0 Å². The van der Waals surface area contributed by atoms with Crippen LogP contribution in [0.25, 0.3) is 0 Å². The first kappa shape index (κ1) is 81.3. The Morgan fingerprint density at radius 2 is 0.566 bits per heavy atom. The zero-order valence-electron chi connectivity index (χ0n) is 56.5. The Kier molecular flexibility index (Phi) is 71.4. The van der Waals surface area contributed by atoms with E-state index in [2.05, 4.69) is 31.3 Å². The fourth-order valence-corrected chi connectivity index (χ4v) is 12.2. The molecule has 2 unspecified atom stereocenters. The molecule has 0 aliphatic rings. The summed E-state index contributed by atoms with van der Waals surface area (Å²) in [7, 11) is 0. The van der Waals surface area contributed by atoms with Gasteiger partial charge in [-0.25, -0.2) is 0 Å². The molecule has 2 atom stereocenters. The molecule has 83 heavy (non-hydrogen) atoms. The van der Waals surface area contributed by atoms with E-state index in [-0.39, 0.29) is 18.5 Å². The van der Waals surface area contributed by atoms with Crippen LogP contribution in [0.3, 0.4) is 0 Å². The van der Waals surface area contributed by atoms with Crippen LogP contribution in [0.15, 0.2) is 24.3 Å². The lowest BCUT2D eigenvalue weighted by Crippen LogP contribution is -2.45. The molecule has 0 bridgehead atoms. The Hall–Kier alpha value is -1.66. The number of amides is 1. The molecule has 1 amide bonds. The van der Waals surface area contributed by atoms with E-state index in [0.29, 0.717) is 19.4 Å². The fraction of sp³-hybridized carbons (Fsp3) is 0.922. The van der Waals surface area contributed by atoms with Crippen molar-refractivity contribution in [2.75, 3.05) is 13.2 Å². The molecule has 492 valence electrons. The second-order valence-electron chi connectivity index (χ2n) is 26.3. The number of ether oxygens (including phenoxy) is 1. The van der Waals surface area contributed by atoms with Gasteiger partial charge < -0.3 is 20.3 Å². The van der Waals surface area contributed by atoms with Crippen LogP contribution in [0.5, 0.6) is 0 Å². The second-order valence-corrected chi connectivity index (χ2v) is 26.3. The van der Waals surface area contributed by atoms with Crippen LogP contribution in [-0.2, 0) is 14.3 Å². The van der Waals surface area contributed by atoms with Gasteiger partial charge in [-0.3, -0.25) is 9.59 Å². The maximum Gasteiger partial charge on any atom is 0.305 e. The van der Waals surface area contributed by atoms with Crippen molar-refractivity contribution in [3.05, 3.63) is 24.3 Å². The number of allylic oxidation sites excluding steroid dienone is 3. The van der Waals surface area contributed by atoms with Crippen molar-refractivity contribution in [3.8, 4) is 0 Å². The highest BCUT2D eigenvalue weighted by molar-refractivity contribution is 5.76. The topological polar surface area (TPSA) is 95.9 Å². The van der Waals surface area contributed by atoms with Gasteiger partial charge >= 0.3 is 5.97 Å². The molecule has 6 nitrogen and oxygen atoms in total. The maximum absolute atomic E-state index is 12.5. The number of aliphatic hydroxyl groups excluding tert-OH is 2. The van der Waals surface area contributed by atoms with Crippen molar-refractivity contribution in [3.63, 3.8) is 0 Å². The third kappa shape index (κ3) is 69.3. The summed E-state index contributed by atoms with van der Waals surface area (Å²) < 4.78 is 5.51. The van der Waals surface area contributed by atoms with Crippen molar-refractivity contribution in [1.82, 2.24) is 5.32 Å². The molecular formula is C77H149NO5. The lowest BCUT2D eigenvalue weighted by molar-refractivity contribution is -0.143. The van der Waals surface area contributed by atoms with Gasteiger partial charge in [-0.15, -0.1) is 0 Å². The average Bonchev–Trinajstić information content (AvgIpc) is 3.49. The summed E-state index contributed by atoms with van der Waals surface area (Å²) in [5.74, 6) is -0.0460. The molecule has 0 aliphatic carbocycles. The molecule has 0 aromatic heterocycles. The third-order valence-corrected chi connectivity index (χ3v) is 18.0. The molecule has 0 fully saturated rings. The van der Waals surface area contributed by atoms with Gasteiger partial charge in [0.25, 0.3) is 0 Å². The summed E-state index contributed by atoms with van der Waals surface area (Å²) >= 11 is 0. The fourth-order valence-electron chi connectivity index (χ4n) is 12.2. The minimum Gasteiger partial charge on any atom is -0.466 e. The highest BCUT2D eigenvalue weighted by atomic mass is 16.5. The summed E-state index contributed by atoms with van der Waals surface area (Å²) in [5, 5.41) is 23.3. The van der Waals surface area contributed by atoms with Crippen LogP contribution in [0.4, 0.5) is 0 Å². The number of hydrogen-bond donors (Lipinski definition) is 3. The molecule has 0 radical (unpaired) electrons. The lowest BCUT2D eigenvalue weighted by atomic mass is 10.0. The van der Waals surface area contributed by atoms with Gasteiger partial charge in [-0.05, 0) is 57.8 Å². The van der Waals surface area contributed by atoms with E-state index in [9.17, 15) is 19.8 Å². The van der Waals surface area contributed by atoms with Crippen LogP contribution in [0.2, 0.25) is 0 Å². The number of carbonyl (C=O) groups is 2. The molecule has 0 heterocycles. The van der Waals surface area contributed by atoms with Gasteiger partial charge in [0, 0.05) is 12.8 Å². The highest BCUT2D eigenvalue weighted by Crippen LogP contribution is 2.19. The molecule has 0 aromatic rings. The van der Waals surface area contributed by atoms with E-state index in [4.69, 9.17) is 4.74 Å². The van der Waals surface area contributed by atoms with E-state index in [1.54, 1.807) is 6.08 Å². The number of carbonyl (C=O) groups excluding carboxylic acids is 2. The molecule has 0 saturated heterocycles. The van der Waals surface area contributed by atoms with Gasteiger partial charge in [0.15, 0.2) is 0 Å². The monoisotopic (exact) mass is 1170 g/mol. The Bertz CT molecular complexity index is 1300. The van der Waals surface area contributed by atoms with Gasteiger partial charge in [0.05, 0.1) is 25.4 Å². The van der Waals surface area contributed by atoms with Crippen LogP contribution in [-0.4, -0.2) is 47.4 Å². The summed E-state index contributed by atoms with van der Waals surface area (Å²) in [6.07, 6.45) is 92.8. The average molecular weight is 1170 g/mol. The predicted molar refractivity (Wildman–Crippen MR) is 366 cm³/mol. The minimum atomic E-state index is -0.844. The second kappa shape index (κ2) is 72.8. The largest absolute Gasteiger partial charge is 0.466 e. The molecule has 0 aromatic carbocycles. The SMILES string of the molecule is CCCCCCCCC/C=C\CCCCCCCCCC(=O)OCCCCCCCCCCCCCCCCCCCCCCCCCCCCC(=O)NC(CO)C(O)/C=C/CCCCCCCCCCCCCCCCCCCCCC. The van der Waals surface area contributed by atoms with E-state index in [1.165, 1.54) is 360 Å². The first-order valence-electron chi connectivity index (χ1n) is 38.1. The molecule has 0 rings (SSSR count). The quantitative estimate of drug-likeness (QED) is 0.0320. The van der Waals surface area contributed by atoms with Crippen LogP contribution in [0.1, 0.15) is 431 Å². The Balaban J connectivity index is 3.37. The minimum absolute atomic E-state index is 0.0150. The van der Waals surface area contributed by atoms with E-state index in [0.717, 1.165) is 44.9 Å². The number of aliphatic hydroxyl groups is 2. The van der Waals surface area contributed by atoms with Crippen molar-refractivity contribution in [2.45, 2.75) is 443 Å². The van der Waals surface area contributed by atoms with Crippen molar-refractivity contribution in [1.29, 1.82) is 0 Å². The lowest BCUT2D eigenvalue weighted by Gasteiger charge is -2.20. The van der Waals surface area contributed by atoms with Gasteiger partial charge in [0.2, 0.25) is 5.91 Å². The molecule has 3 N–H and O–H groups in total. The maximum atomic E-state index is 12.5. The third-order valence-electron chi connectivity index (χ3n) is 18.0. The normalized spacial score (nSPS) is 12.6. The van der Waals surface area contributed by atoms with Crippen molar-refractivity contribution in [2.24, 2.45) is 0 Å². The van der Waals surface area contributed by atoms with Crippen LogP contribution in [0, 0.1) is 0 Å². The van der Waals surface area contributed by atoms with E-state index in [1.807, 2.05) is 6.08 Å². The summed E-state index contributed by atoms with van der Waals surface area (Å²) in [6, 6.07) is -0.627. The van der Waals surface area contributed by atoms with Crippen molar-refractivity contribution >= 4 is 11.9 Å². The number of unbranched alkanes of at least 4 members (excludes halogenated alkanes) is 59.